The van der Waals surface area contributed by atoms with Crippen LogP contribution >= 0.6 is 0 Å². The SMILES string of the molecule is N#Cc1ccccc1COc1ccc(/C=N\Nc2ccc([N+](=O)[O-])cc2[N+](=O)[O-])cc1. The summed E-state index contributed by atoms with van der Waals surface area (Å²) >= 11 is 0. The molecule has 3 aromatic carbocycles. The van der Waals surface area contributed by atoms with E-state index < -0.39 is 15.5 Å². The average Bonchev–Trinajstić information content (AvgIpc) is 2.78. The van der Waals surface area contributed by atoms with Gasteiger partial charge in [0.05, 0.1) is 33.8 Å². The van der Waals surface area contributed by atoms with Gasteiger partial charge in [-0.3, -0.25) is 25.7 Å². The van der Waals surface area contributed by atoms with Crippen LogP contribution in [-0.4, -0.2) is 16.1 Å². The second-order valence-corrected chi connectivity index (χ2v) is 6.21. The molecule has 0 atom stereocenters. The molecule has 10 heteroatoms. The van der Waals surface area contributed by atoms with Crippen LogP contribution in [0, 0.1) is 31.6 Å². The van der Waals surface area contributed by atoms with Gasteiger partial charge in [-0.15, -0.1) is 0 Å². The van der Waals surface area contributed by atoms with Crippen molar-refractivity contribution in [3.8, 4) is 11.8 Å². The molecule has 0 aliphatic carbocycles. The fourth-order valence-electron chi connectivity index (χ4n) is 2.62. The van der Waals surface area contributed by atoms with Crippen molar-refractivity contribution in [1.29, 1.82) is 5.26 Å². The Morgan fingerprint density at radius 1 is 1.03 bits per heavy atom. The van der Waals surface area contributed by atoms with Gasteiger partial charge >= 0.3 is 5.69 Å². The summed E-state index contributed by atoms with van der Waals surface area (Å²) in [5.74, 6) is 0.601. The summed E-state index contributed by atoms with van der Waals surface area (Å²) < 4.78 is 5.69. The first-order chi connectivity index (χ1) is 15.0. The number of hydrogen-bond donors (Lipinski definition) is 1. The van der Waals surface area contributed by atoms with Crippen LogP contribution in [0.15, 0.2) is 71.8 Å². The number of non-ortho nitro benzene ring substituents is 1. The zero-order valence-corrected chi connectivity index (χ0v) is 16.0. The van der Waals surface area contributed by atoms with E-state index in [2.05, 4.69) is 16.6 Å². The largest absolute Gasteiger partial charge is 0.489 e. The lowest BCUT2D eigenvalue weighted by Gasteiger charge is -2.07. The predicted octanol–water partition coefficient (Wildman–Crippen LogP) is 4.40. The van der Waals surface area contributed by atoms with Gasteiger partial charge in [0.1, 0.15) is 18.0 Å². The van der Waals surface area contributed by atoms with Crippen LogP contribution in [0.4, 0.5) is 17.1 Å². The van der Waals surface area contributed by atoms with E-state index in [1.54, 1.807) is 36.4 Å². The summed E-state index contributed by atoms with van der Waals surface area (Å²) in [6, 6.07) is 19.5. The summed E-state index contributed by atoms with van der Waals surface area (Å²) in [5, 5.41) is 35.0. The van der Waals surface area contributed by atoms with Crippen LogP contribution in [0.25, 0.3) is 0 Å². The average molecular weight is 417 g/mol. The lowest BCUT2D eigenvalue weighted by Crippen LogP contribution is -1.99. The molecule has 1 N–H and O–H groups in total. The number of ether oxygens (including phenoxy) is 1. The zero-order chi connectivity index (χ0) is 22.2. The van der Waals surface area contributed by atoms with Crippen LogP contribution in [0.1, 0.15) is 16.7 Å². The Labute approximate surface area is 176 Å². The molecule has 3 rings (SSSR count). The number of rotatable bonds is 8. The number of nitro benzene ring substituents is 2. The maximum Gasteiger partial charge on any atom is 0.301 e. The molecule has 0 spiro atoms. The summed E-state index contributed by atoms with van der Waals surface area (Å²) in [5.41, 5.74) is 3.76. The standard InChI is InChI=1S/C21H15N5O5/c22-12-16-3-1-2-4-17(16)14-31-19-8-5-15(6-9-19)13-23-24-20-10-7-18(25(27)28)11-21(20)26(29)30/h1-11,13,24H,14H2/b23-13-. The number of anilines is 1. The number of nitrogens with zero attached hydrogens (tertiary/aromatic N) is 4. The number of hydrazone groups is 1. The third kappa shape index (κ3) is 5.39. The van der Waals surface area contributed by atoms with E-state index in [9.17, 15) is 20.2 Å². The molecule has 0 aliphatic heterocycles. The van der Waals surface area contributed by atoms with Crippen LogP contribution in [0.5, 0.6) is 5.75 Å². The molecule has 0 aromatic heterocycles. The molecule has 0 saturated heterocycles. The molecule has 154 valence electrons. The molecule has 0 amide bonds. The van der Waals surface area contributed by atoms with E-state index >= 15 is 0 Å². The maximum absolute atomic E-state index is 11.1. The summed E-state index contributed by atoms with van der Waals surface area (Å²) in [6.07, 6.45) is 1.44. The Balaban J connectivity index is 1.63. The first-order valence-electron chi connectivity index (χ1n) is 8.90. The zero-order valence-electron chi connectivity index (χ0n) is 16.0. The van der Waals surface area contributed by atoms with Gasteiger partial charge in [-0.25, -0.2) is 0 Å². The van der Waals surface area contributed by atoms with E-state index in [1.165, 1.54) is 12.3 Å². The minimum atomic E-state index is -0.721. The van der Waals surface area contributed by atoms with Crippen LogP contribution in [0.3, 0.4) is 0 Å². The van der Waals surface area contributed by atoms with Gasteiger partial charge in [-0.1, -0.05) is 18.2 Å². The third-order valence-electron chi connectivity index (χ3n) is 4.20. The van der Waals surface area contributed by atoms with Crippen molar-refractivity contribution in [3.63, 3.8) is 0 Å². The molecular weight excluding hydrogens is 402 g/mol. The monoisotopic (exact) mass is 417 g/mol. The Bertz CT molecular complexity index is 1190. The molecule has 31 heavy (non-hydrogen) atoms. The highest BCUT2D eigenvalue weighted by molar-refractivity contribution is 5.81. The first kappa shape index (κ1) is 20.9. The number of nitriles is 1. The van der Waals surface area contributed by atoms with Crippen LogP contribution in [0.2, 0.25) is 0 Å². The van der Waals surface area contributed by atoms with Crippen molar-refractivity contribution < 1.29 is 14.6 Å². The Hall–Kier alpha value is -4.78. The number of nitrogens with one attached hydrogen (secondary N) is 1. The predicted molar refractivity (Wildman–Crippen MR) is 113 cm³/mol. The van der Waals surface area contributed by atoms with E-state index in [4.69, 9.17) is 10.00 Å². The number of nitro groups is 2. The molecule has 0 bridgehead atoms. The van der Waals surface area contributed by atoms with E-state index in [0.717, 1.165) is 17.7 Å². The lowest BCUT2D eigenvalue weighted by atomic mass is 10.1. The Morgan fingerprint density at radius 2 is 1.77 bits per heavy atom. The molecule has 10 nitrogen and oxygen atoms in total. The fraction of sp³-hybridized carbons (Fsp3) is 0.0476. The topological polar surface area (TPSA) is 144 Å². The highest BCUT2D eigenvalue weighted by atomic mass is 16.6. The minimum absolute atomic E-state index is 0.0305. The molecule has 0 fully saturated rings. The normalized spacial score (nSPS) is 10.4. The van der Waals surface area contributed by atoms with Gasteiger partial charge in [0.2, 0.25) is 0 Å². The summed E-state index contributed by atoms with van der Waals surface area (Å²) in [6.45, 7) is 0.253. The van der Waals surface area contributed by atoms with Crippen molar-refractivity contribution in [2.45, 2.75) is 6.61 Å². The van der Waals surface area contributed by atoms with Gasteiger partial charge in [0.15, 0.2) is 0 Å². The van der Waals surface area contributed by atoms with Gasteiger partial charge in [-0.05, 0) is 42.0 Å². The van der Waals surface area contributed by atoms with E-state index in [-0.39, 0.29) is 18.0 Å². The maximum atomic E-state index is 11.1. The van der Waals surface area contributed by atoms with Crippen molar-refractivity contribution in [2.75, 3.05) is 5.43 Å². The minimum Gasteiger partial charge on any atom is -0.489 e. The molecule has 0 heterocycles. The van der Waals surface area contributed by atoms with Gasteiger partial charge in [-0.2, -0.15) is 10.4 Å². The molecule has 0 saturated carbocycles. The van der Waals surface area contributed by atoms with Crippen LogP contribution < -0.4 is 10.2 Å². The quantitative estimate of drug-likeness (QED) is 0.325. The summed E-state index contributed by atoms with van der Waals surface area (Å²) in [4.78, 5) is 20.5. The Morgan fingerprint density at radius 3 is 2.45 bits per heavy atom. The fourth-order valence-corrected chi connectivity index (χ4v) is 2.62. The van der Waals surface area contributed by atoms with Gasteiger partial charge in [0.25, 0.3) is 5.69 Å². The second-order valence-electron chi connectivity index (χ2n) is 6.21. The molecule has 3 aromatic rings. The Kier molecular flexibility index (Phi) is 6.50. The number of benzene rings is 3. The van der Waals surface area contributed by atoms with E-state index in [0.29, 0.717) is 16.9 Å². The van der Waals surface area contributed by atoms with E-state index in [1.807, 2.05) is 12.1 Å². The number of hydrogen-bond acceptors (Lipinski definition) is 8. The van der Waals surface area contributed by atoms with Gasteiger partial charge in [0, 0.05) is 11.6 Å². The lowest BCUT2D eigenvalue weighted by molar-refractivity contribution is -0.393. The highest BCUT2D eigenvalue weighted by Gasteiger charge is 2.19. The molecule has 0 unspecified atom stereocenters. The van der Waals surface area contributed by atoms with Crippen molar-refractivity contribution in [1.82, 2.24) is 0 Å². The second kappa shape index (κ2) is 9.62. The molecule has 0 radical (unpaired) electrons. The van der Waals surface area contributed by atoms with Crippen LogP contribution in [-0.2, 0) is 6.61 Å². The molecular formula is C21H15N5O5. The van der Waals surface area contributed by atoms with Gasteiger partial charge < -0.3 is 4.74 Å². The smallest absolute Gasteiger partial charge is 0.301 e. The third-order valence-corrected chi connectivity index (χ3v) is 4.20. The molecule has 0 aliphatic rings. The first-order valence-corrected chi connectivity index (χ1v) is 8.90. The summed E-state index contributed by atoms with van der Waals surface area (Å²) in [7, 11) is 0. The van der Waals surface area contributed by atoms with Crippen molar-refractivity contribution in [3.05, 3.63) is 104 Å². The van der Waals surface area contributed by atoms with Crippen molar-refractivity contribution in [2.24, 2.45) is 5.10 Å². The van der Waals surface area contributed by atoms with Crippen molar-refractivity contribution >= 4 is 23.3 Å². The highest BCUT2D eigenvalue weighted by Crippen LogP contribution is 2.28.